The van der Waals surface area contributed by atoms with Gasteiger partial charge in [0.2, 0.25) is 5.96 Å². The molecule has 2 N–H and O–H groups in total. The van der Waals surface area contributed by atoms with Crippen molar-refractivity contribution in [3.63, 3.8) is 0 Å². The zero-order valence-corrected chi connectivity index (χ0v) is 12.2. The number of hydrogen-bond donors (Lipinski definition) is 2. The van der Waals surface area contributed by atoms with Crippen LogP contribution >= 0.6 is 0 Å². The van der Waals surface area contributed by atoms with Gasteiger partial charge in [-0.15, -0.1) is 0 Å². The quantitative estimate of drug-likeness (QED) is 0.849. The van der Waals surface area contributed by atoms with Gasteiger partial charge in [0.25, 0.3) is 5.91 Å². The molecule has 0 atom stereocenters. The van der Waals surface area contributed by atoms with Crippen molar-refractivity contribution in [1.29, 1.82) is 0 Å². The van der Waals surface area contributed by atoms with E-state index in [-0.39, 0.29) is 5.91 Å². The van der Waals surface area contributed by atoms with Gasteiger partial charge < -0.3 is 4.90 Å². The van der Waals surface area contributed by atoms with Crippen LogP contribution in [0.3, 0.4) is 0 Å². The largest absolute Gasteiger partial charge is 0.335 e. The second-order valence-corrected chi connectivity index (χ2v) is 5.06. The van der Waals surface area contributed by atoms with Crippen molar-refractivity contribution in [2.45, 2.75) is 6.54 Å². The lowest BCUT2D eigenvalue weighted by molar-refractivity contribution is 0.0942. The molecule has 1 amide bonds. The second kappa shape index (κ2) is 6.76. The first-order valence-electron chi connectivity index (χ1n) is 7.27. The third-order valence-corrected chi connectivity index (χ3v) is 3.47. The fraction of sp³-hybridized carbons (Fsp3) is 0.176. The van der Waals surface area contributed by atoms with Gasteiger partial charge in [-0.1, -0.05) is 48.5 Å². The van der Waals surface area contributed by atoms with Crippen molar-refractivity contribution in [3.8, 4) is 0 Å². The minimum Gasteiger partial charge on any atom is -0.335 e. The van der Waals surface area contributed by atoms with E-state index in [1.54, 1.807) is 12.1 Å². The summed E-state index contributed by atoms with van der Waals surface area (Å²) in [6, 6.07) is 19.3. The molecule has 22 heavy (non-hydrogen) atoms. The Morgan fingerprint density at radius 3 is 2.45 bits per heavy atom. The van der Waals surface area contributed by atoms with E-state index in [0.29, 0.717) is 11.5 Å². The van der Waals surface area contributed by atoms with Crippen LogP contribution in [0, 0.1) is 0 Å². The topological polar surface area (TPSA) is 56.7 Å². The molecular weight excluding hydrogens is 276 g/mol. The summed E-state index contributed by atoms with van der Waals surface area (Å²) in [6.45, 7) is 2.35. The maximum atomic E-state index is 12.0. The Morgan fingerprint density at radius 1 is 1.05 bits per heavy atom. The normalized spacial score (nSPS) is 13.6. The Labute approximate surface area is 129 Å². The number of nitrogens with zero attached hydrogens (tertiary/aromatic N) is 2. The highest BCUT2D eigenvalue weighted by Crippen LogP contribution is 2.08. The van der Waals surface area contributed by atoms with Gasteiger partial charge in [-0.05, 0) is 17.7 Å². The van der Waals surface area contributed by atoms with Gasteiger partial charge in [0.15, 0.2) is 0 Å². The van der Waals surface area contributed by atoms with E-state index in [9.17, 15) is 4.79 Å². The van der Waals surface area contributed by atoms with E-state index >= 15 is 0 Å². The summed E-state index contributed by atoms with van der Waals surface area (Å²) in [6.07, 6.45) is 0. The first kappa shape index (κ1) is 14.1. The van der Waals surface area contributed by atoms with E-state index in [1.165, 1.54) is 5.56 Å². The number of nitrogens with one attached hydrogen (secondary N) is 2. The van der Waals surface area contributed by atoms with Crippen LogP contribution < -0.4 is 10.9 Å². The summed E-state index contributed by atoms with van der Waals surface area (Å²) < 4.78 is 0. The molecule has 5 nitrogen and oxygen atoms in total. The highest BCUT2D eigenvalue weighted by atomic mass is 16.2. The fourth-order valence-electron chi connectivity index (χ4n) is 2.33. The van der Waals surface area contributed by atoms with Crippen molar-refractivity contribution >= 4 is 11.9 Å². The molecule has 2 aromatic carbocycles. The van der Waals surface area contributed by atoms with Crippen LogP contribution in [0.2, 0.25) is 0 Å². The number of hydrogen-bond acceptors (Lipinski definition) is 4. The van der Waals surface area contributed by atoms with Crippen molar-refractivity contribution in [2.24, 2.45) is 4.99 Å². The van der Waals surface area contributed by atoms with E-state index in [1.807, 2.05) is 36.4 Å². The van der Waals surface area contributed by atoms with Gasteiger partial charge in [-0.2, -0.15) is 0 Å². The maximum absolute atomic E-state index is 12.0. The number of benzene rings is 2. The van der Waals surface area contributed by atoms with E-state index in [2.05, 4.69) is 32.9 Å². The summed E-state index contributed by atoms with van der Waals surface area (Å²) in [7, 11) is 0. The monoisotopic (exact) mass is 294 g/mol. The van der Waals surface area contributed by atoms with Crippen molar-refractivity contribution in [1.82, 2.24) is 15.8 Å². The molecule has 5 heteroatoms. The number of hydrazine groups is 1. The molecule has 1 heterocycles. The molecule has 0 unspecified atom stereocenters. The Bertz CT molecular complexity index is 655. The zero-order valence-electron chi connectivity index (χ0n) is 12.2. The van der Waals surface area contributed by atoms with Gasteiger partial charge in [-0.25, -0.2) is 4.99 Å². The van der Waals surface area contributed by atoms with Crippen molar-refractivity contribution in [2.75, 3.05) is 13.1 Å². The third-order valence-electron chi connectivity index (χ3n) is 3.47. The van der Waals surface area contributed by atoms with Gasteiger partial charge in [-0.3, -0.25) is 15.6 Å². The molecular formula is C17H18N4O. The minimum absolute atomic E-state index is 0.171. The lowest BCUT2D eigenvalue weighted by Gasteiger charge is -2.21. The van der Waals surface area contributed by atoms with Crippen molar-refractivity contribution in [3.05, 3.63) is 71.8 Å². The maximum Gasteiger partial charge on any atom is 0.269 e. The van der Waals surface area contributed by atoms with Gasteiger partial charge in [0, 0.05) is 18.7 Å². The SMILES string of the molecule is O=C(NNC1=NCCN1Cc1ccccc1)c1ccccc1. The minimum atomic E-state index is -0.171. The lowest BCUT2D eigenvalue weighted by Crippen LogP contribution is -2.47. The fourth-order valence-corrected chi connectivity index (χ4v) is 2.33. The predicted molar refractivity (Wildman–Crippen MR) is 86.2 cm³/mol. The average Bonchev–Trinajstić information content (AvgIpc) is 3.01. The van der Waals surface area contributed by atoms with Gasteiger partial charge >= 0.3 is 0 Å². The second-order valence-electron chi connectivity index (χ2n) is 5.06. The number of guanidine groups is 1. The van der Waals surface area contributed by atoms with Crippen LogP contribution in [0.4, 0.5) is 0 Å². The number of aliphatic imine (C=N–C) groups is 1. The van der Waals surface area contributed by atoms with Crippen LogP contribution in [-0.2, 0) is 6.54 Å². The molecule has 0 aliphatic carbocycles. The number of carbonyl (C=O) groups excluding carboxylic acids is 1. The van der Waals surface area contributed by atoms with Crippen LogP contribution in [0.15, 0.2) is 65.7 Å². The smallest absolute Gasteiger partial charge is 0.269 e. The summed E-state index contributed by atoms with van der Waals surface area (Å²) in [5.41, 5.74) is 7.45. The number of rotatable bonds is 3. The predicted octanol–water partition coefficient (Wildman–Crippen LogP) is 1.79. The molecule has 0 fully saturated rings. The third kappa shape index (κ3) is 3.44. The molecule has 1 aliphatic rings. The molecule has 0 saturated heterocycles. The molecule has 0 radical (unpaired) electrons. The van der Waals surface area contributed by atoms with Crippen LogP contribution in [0.5, 0.6) is 0 Å². The molecule has 112 valence electrons. The Balaban J connectivity index is 1.57. The summed E-state index contributed by atoms with van der Waals surface area (Å²) in [4.78, 5) is 18.5. The molecule has 2 aromatic rings. The first-order chi connectivity index (χ1) is 10.8. The van der Waals surface area contributed by atoms with Crippen LogP contribution in [-0.4, -0.2) is 29.9 Å². The highest BCUT2D eigenvalue weighted by Gasteiger charge is 2.17. The average molecular weight is 294 g/mol. The summed E-state index contributed by atoms with van der Waals surface area (Å²) >= 11 is 0. The van der Waals surface area contributed by atoms with Crippen LogP contribution in [0.1, 0.15) is 15.9 Å². The van der Waals surface area contributed by atoms with E-state index < -0.39 is 0 Å². The standard InChI is InChI=1S/C17H18N4O/c22-16(15-9-5-2-6-10-15)19-20-17-18-11-12-21(17)13-14-7-3-1-4-8-14/h1-10H,11-13H2,(H,18,20)(H,19,22). The Kier molecular flexibility index (Phi) is 4.34. The van der Waals surface area contributed by atoms with E-state index in [0.717, 1.165) is 19.6 Å². The summed E-state index contributed by atoms with van der Waals surface area (Å²) in [5.74, 6) is 0.531. The highest BCUT2D eigenvalue weighted by molar-refractivity contribution is 5.95. The molecule has 0 spiro atoms. The summed E-state index contributed by atoms with van der Waals surface area (Å²) in [5, 5.41) is 0. The Morgan fingerprint density at radius 2 is 1.73 bits per heavy atom. The molecule has 1 aliphatic heterocycles. The van der Waals surface area contributed by atoms with Crippen LogP contribution in [0.25, 0.3) is 0 Å². The first-order valence-corrected chi connectivity index (χ1v) is 7.27. The number of amides is 1. The molecule has 0 saturated carbocycles. The molecule has 3 rings (SSSR count). The van der Waals surface area contributed by atoms with E-state index in [4.69, 9.17) is 0 Å². The Hall–Kier alpha value is -2.82. The lowest BCUT2D eigenvalue weighted by atomic mass is 10.2. The van der Waals surface area contributed by atoms with Gasteiger partial charge in [0.1, 0.15) is 0 Å². The molecule has 0 aromatic heterocycles. The molecule has 0 bridgehead atoms. The van der Waals surface area contributed by atoms with Crippen molar-refractivity contribution < 1.29 is 4.79 Å². The number of carbonyl (C=O) groups is 1. The van der Waals surface area contributed by atoms with Gasteiger partial charge in [0.05, 0.1) is 6.54 Å². The zero-order chi connectivity index (χ0) is 15.2.